The van der Waals surface area contributed by atoms with Gasteiger partial charge >= 0.3 is 6.09 Å². The molecule has 0 aliphatic rings. The summed E-state index contributed by atoms with van der Waals surface area (Å²) in [4.78, 5) is 9.85. The molecule has 1 amide bonds. The van der Waals surface area contributed by atoms with Crippen LogP contribution in [0.15, 0.2) is 0 Å². The molecule has 0 aromatic heterocycles. The molecule has 0 saturated carbocycles. The summed E-state index contributed by atoms with van der Waals surface area (Å²) in [5.74, 6) is 0. The van der Waals surface area contributed by atoms with Crippen molar-refractivity contribution >= 4 is 6.09 Å². The van der Waals surface area contributed by atoms with Crippen LogP contribution < -0.4 is 5.32 Å². The minimum atomic E-state index is -0.407. The molecule has 0 aromatic carbocycles. The zero-order valence-corrected chi connectivity index (χ0v) is 7.52. The van der Waals surface area contributed by atoms with E-state index >= 15 is 0 Å². The number of hydrogen-bond donors (Lipinski definition) is 1. The Morgan fingerprint density at radius 3 is 2.14 bits per heavy atom. The number of rotatable bonds is 0. The standard InChI is InChI=1S/C3H7NO2.Nd/c1-4-3(5)6-2;/h1-2H3,(H,4,5);. The molecule has 1 N–H and O–H groups in total. The summed E-state index contributed by atoms with van der Waals surface area (Å²) in [5, 5.41) is 2.25. The molecule has 0 bridgehead atoms. The molecular formula is C3H7NNdO2. The number of hydrogen-bond acceptors (Lipinski definition) is 2. The first-order valence-corrected chi connectivity index (χ1v) is 1.57. The Kier molecular flexibility index (Phi) is 10.0. The van der Waals surface area contributed by atoms with Gasteiger partial charge in [0.05, 0.1) is 7.11 Å². The van der Waals surface area contributed by atoms with Gasteiger partial charge in [-0.05, 0) is 0 Å². The van der Waals surface area contributed by atoms with Gasteiger partial charge in [-0.1, -0.05) is 0 Å². The molecule has 3 nitrogen and oxygen atoms in total. The number of methoxy groups -OCH3 is 1. The summed E-state index contributed by atoms with van der Waals surface area (Å²) in [6.07, 6.45) is -0.407. The molecule has 0 saturated heterocycles. The van der Waals surface area contributed by atoms with Crippen molar-refractivity contribution in [3.8, 4) is 0 Å². The quantitative estimate of drug-likeness (QED) is 0.638. The maximum Gasteiger partial charge on any atom is 0.406 e. The minimum absolute atomic E-state index is 0. The Balaban J connectivity index is 0. The maximum absolute atomic E-state index is 9.85. The SMILES string of the molecule is CNC(=O)OC.[Nd]. The Bertz CT molecular complexity index is 50.9. The second-order valence-electron chi connectivity index (χ2n) is 0.742. The third-order valence-electron chi connectivity index (χ3n) is 0.390. The summed E-state index contributed by atoms with van der Waals surface area (Å²) >= 11 is 0. The topological polar surface area (TPSA) is 38.3 Å². The summed E-state index contributed by atoms with van der Waals surface area (Å²) in [6, 6.07) is 0. The molecule has 0 radical (unpaired) electrons. The average molecular weight is 233 g/mol. The van der Waals surface area contributed by atoms with Crippen molar-refractivity contribution in [1.29, 1.82) is 0 Å². The van der Waals surface area contributed by atoms with Crippen molar-refractivity contribution < 1.29 is 50.4 Å². The van der Waals surface area contributed by atoms with Crippen LogP contribution in [0.5, 0.6) is 0 Å². The first-order valence-electron chi connectivity index (χ1n) is 1.57. The second-order valence-corrected chi connectivity index (χ2v) is 0.742. The molecule has 40 valence electrons. The van der Waals surface area contributed by atoms with Crippen molar-refractivity contribution in [2.45, 2.75) is 0 Å². The number of carbonyl (C=O) groups is 1. The van der Waals surface area contributed by atoms with Crippen molar-refractivity contribution in [3.05, 3.63) is 0 Å². The minimum Gasteiger partial charge on any atom is -0.453 e. The van der Waals surface area contributed by atoms with Gasteiger partial charge in [0.1, 0.15) is 0 Å². The van der Waals surface area contributed by atoms with Crippen LogP contribution in [0.4, 0.5) is 4.79 Å². The van der Waals surface area contributed by atoms with Crippen molar-refractivity contribution in [1.82, 2.24) is 5.32 Å². The van der Waals surface area contributed by atoms with Crippen molar-refractivity contribution in [2.75, 3.05) is 14.2 Å². The monoisotopic (exact) mass is 231 g/mol. The van der Waals surface area contributed by atoms with Crippen LogP contribution in [0.25, 0.3) is 0 Å². The molecule has 4 heteroatoms. The van der Waals surface area contributed by atoms with Crippen LogP contribution in [0.3, 0.4) is 0 Å². The van der Waals surface area contributed by atoms with Gasteiger partial charge in [-0.3, -0.25) is 0 Å². The fourth-order valence-corrected chi connectivity index (χ4v) is 0.102. The predicted octanol–water partition coefficient (Wildman–Crippen LogP) is -0.0278. The molecular weight excluding hydrogens is 226 g/mol. The number of nitrogens with one attached hydrogen (secondary N) is 1. The Labute approximate surface area is 75.3 Å². The summed E-state index contributed by atoms with van der Waals surface area (Å²) < 4.78 is 4.15. The number of ether oxygens (including phenoxy) is 1. The normalized spacial score (nSPS) is 6.00. The Hall–Kier alpha value is 0.621. The maximum atomic E-state index is 9.85. The number of amides is 1. The molecule has 0 fully saturated rings. The summed E-state index contributed by atoms with van der Waals surface area (Å²) in [6.45, 7) is 0. The van der Waals surface area contributed by atoms with Gasteiger partial charge in [0, 0.05) is 47.9 Å². The fourth-order valence-electron chi connectivity index (χ4n) is 0.102. The molecule has 7 heavy (non-hydrogen) atoms. The van der Waals surface area contributed by atoms with E-state index in [2.05, 4.69) is 10.1 Å². The van der Waals surface area contributed by atoms with Crippen molar-refractivity contribution in [2.24, 2.45) is 0 Å². The van der Waals surface area contributed by atoms with E-state index in [-0.39, 0.29) is 40.8 Å². The molecule has 0 atom stereocenters. The fraction of sp³-hybridized carbons (Fsp3) is 0.667. The zero-order chi connectivity index (χ0) is 4.99. The third kappa shape index (κ3) is 6.62. The first kappa shape index (κ1) is 10.6. The Morgan fingerprint density at radius 2 is 2.14 bits per heavy atom. The van der Waals surface area contributed by atoms with E-state index in [4.69, 9.17) is 0 Å². The number of alkyl carbamates (subject to hydrolysis) is 1. The van der Waals surface area contributed by atoms with E-state index in [1.54, 1.807) is 0 Å². The number of carbonyl (C=O) groups excluding carboxylic acids is 1. The van der Waals surface area contributed by atoms with Crippen LogP contribution in [0, 0.1) is 40.8 Å². The molecule has 0 spiro atoms. The van der Waals surface area contributed by atoms with Gasteiger partial charge in [0.25, 0.3) is 0 Å². The van der Waals surface area contributed by atoms with E-state index in [0.717, 1.165) is 0 Å². The van der Waals surface area contributed by atoms with Gasteiger partial charge in [-0.2, -0.15) is 0 Å². The molecule has 0 aliphatic carbocycles. The molecule has 0 unspecified atom stereocenters. The molecule has 0 rings (SSSR count). The van der Waals surface area contributed by atoms with E-state index in [9.17, 15) is 4.79 Å². The van der Waals surface area contributed by atoms with E-state index in [0.29, 0.717) is 0 Å². The predicted molar refractivity (Wildman–Crippen MR) is 21.5 cm³/mol. The van der Waals surface area contributed by atoms with Gasteiger partial charge in [0.15, 0.2) is 0 Å². The van der Waals surface area contributed by atoms with Crippen LogP contribution in [-0.2, 0) is 4.74 Å². The van der Waals surface area contributed by atoms with E-state index < -0.39 is 6.09 Å². The largest absolute Gasteiger partial charge is 0.453 e. The van der Waals surface area contributed by atoms with Gasteiger partial charge < -0.3 is 10.1 Å². The van der Waals surface area contributed by atoms with Crippen LogP contribution in [-0.4, -0.2) is 20.3 Å². The van der Waals surface area contributed by atoms with E-state index in [1.807, 2.05) is 0 Å². The smallest absolute Gasteiger partial charge is 0.406 e. The zero-order valence-electron chi connectivity index (χ0n) is 4.32. The van der Waals surface area contributed by atoms with Gasteiger partial charge in [-0.25, -0.2) is 4.79 Å². The molecule has 0 heterocycles. The molecule has 0 aromatic rings. The van der Waals surface area contributed by atoms with Crippen LogP contribution in [0.2, 0.25) is 0 Å². The van der Waals surface area contributed by atoms with Crippen LogP contribution >= 0.6 is 0 Å². The van der Waals surface area contributed by atoms with Gasteiger partial charge in [0.2, 0.25) is 0 Å². The Morgan fingerprint density at radius 1 is 1.71 bits per heavy atom. The second kappa shape index (κ2) is 6.62. The first-order chi connectivity index (χ1) is 2.81. The van der Waals surface area contributed by atoms with E-state index in [1.165, 1.54) is 14.2 Å². The van der Waals surface area contributed by atoms with Crippen molar-refractivity contribution in [3.63, 3.8) is 0 Å². The molecule has 0 aliphatic heterocycles. The third-order valence-corrected chi connectivity index (χ3v) is 0.390. The van der Waals surface area contributed by atoms with Gasteiger partial charge in [-0.15, -0.1) is 0 Å². The average Bonchev–Trinajstić information content (AvgIpc) is 1.65. The van der Waals surface area contributed by atoms with Crippen LogP contribution in [0.1, 0.15) is 0 Å². The summed E-state index contributed by atoms with van der Waals surface area (Å²) in [7, 11) is 2.82. The summed E-state index contributed by atoms with van der Waals surface area (Å²) in [5.41, 5.74) is 0.